The topological polar surface area (TPSA) is 54.3 Å². The van der Waals surface area contributed by atoms with E-state index in [9.17, 15) is 4.79 Å². The minimum absolute atomic E-state index is 0.0802. The Morgan fingerprint density at radius 1 is 1.37 bits per heavy atom. The average Bonchev–Trinajstić information content (AvgIpc) is 2.82. The fourth-order valence-corrected chi connectivity index (χ4v) is 2.12. The van der Waals surface area contributed by atoms with E-state index < -0.39 is 0 Å². The molecule has 0 aliphatic rings. The molecule has 0 fully saturated rings. The molecule has 0 aliphatic heterocycles. The summed E-state index contributed by atoms with van der Waals surface area (Å²) in [5.74, 6) is 0.762. The van der Waals surface area contributed by atoms with Gasteiger partial charge in [0.25, 0.3) is 5.91 Å². The van der Waals surface area contributed by atoms with Crippen molar-refractivity contribution in [3.05, 3.63) is 51.9 Å². The second-order valence-electron chi connectivity index (χ2n) is 4.15. The molecule has 0 unspecified atom stereocenters. The molecule has 1 aromatic heterocycles. The fourth-order valence-electron chi connectivity index (χ4n) is 1.77. The van der Waals surface area contributed by atoms with Crippen molar-refractivity contribution in [2.24, 2.45) is 0 Å². The van der Waals surface area contributed by atoms with Crippen LogP contribution in [0.15, 0.2) is 39.4 Å². The molecule has 0 aliphatic carbocycles. The van der Waals surface area contributed by atoms with Gasteiger partial charge in [-0.3, -0.25) is 4.79 Å². The van der Waals surface area contributed by atoms with E-state index in [1.54, 1.807) is 19.4 Å². The SMILES string of the molecule is CNC(=O)c1ccc(NCc2occc2Br)c(C)c1. The van der Waals surface area contributed by atoms with E-state index >= 15 is 0 Å². The van der Waals surface area contributed by atoms with Crippen molar-refractivity contribution in [1.82, 2.24) is 5.32 Å². The Hall–Kier alpha value is -1.75. The van der Waals surface area contributed by atoms with Crippen LogP contribution >= 0.6 is 15.9 Å². The van der Waals surface area contributed by atoms with Gasteiger partial charge in [0.2, 0.25) is 0 Å². The largest absolute Gasteiger partial charge is 0.466 e. The molecular weight excluding hydrogens is 308 g/mol. The number of halogens is 1. The third-order valence-electron chi connectivity index (χ3n) is 2.85. The average molecular weight is 323 g/mol. The molecular formula is C14H15BrN2O2. The number of benzene rings is 1. The summed E-state index contributed by atoms with van der Waals surface area (Å²) < 4.78 is 6.28. The molecule has 0 radical (unpaired) electrons. The Labute approximate surface area is 120 Å². The third kappa shape index (κ3) is 3.17. The zero-order chi connectivity index (χ0) is 13.8. The number of nitrogens with one attached hydrogen (secondary N) is 2. The normalized spacial score (nSPS) is 10.3. The molecule has 0 saturated carbocycles. The van der Waals surface area contributed by atoms with Crippen molar-refractivity contribution in [2.45, 2.75) is 13.5 Å². The molecule has 5 heteroatoms. The van der Waals surface area contributed by atoms with Crippen molar-refractivity contribution in [1.29, 1.82) is 0 Å². The van der Waals surface area contributed by atoms with Crippen molar-refractivity contribution in [3.8, 4) is 0 Å². The van der Waals surface area contributed by atoms with Gasteiger partial charge in [0.1, 0.15) is 5.76 Å². The lowest BCUT2D eigenvalue weighted by molar-refractivity contribution is 0.0963. The molecule has 1 amide bonds. The number of aryl methyl sites for hydroxylation is 1. The summed E-state index contributed by atoms with van der Waals surface area (Å²) in [7, 11) is 1.62. The first-order valence-corrected chi connectivity index (χ1v) is 6.69. The molecule has 0 saturated heterocycles. The van der Waals surface area contributed by atoms with Gasteiger partial charge in [0.05, 0.1) is 17.3 Å². The van der Waals surface area contributed by atoms with E-state index in [-0.39, 0.29) is 5.91 Å². The molecule has 1 heterocycles. The standard InChI is InChI=1S/C14H15BrN2O2/c1-9-7-10(14(18)16-2)3-4-12(9)17-8-13-11(15)5-6-19-13/h3-7,17H,8H2,1-2H3,(H,16,18). The highest BCUT2D eigenvalue weighted by molar-refractivity contribution is 9.10. The summed E-state index contributed by atoms with van der Waals surface area (Å²) in [5, 5.41) is 5.89. The molecule has 100 valence electrons. The molecule has 0 atom stereocenters. The van der Waals surface area contributed by atoms with Gasteiger partial charge in [-0.2, -0.15) is 0 Å². The number of carbonyl (C=O) groups is 1. The lowest BCUT2D eigenvalue weighted by atomic mass is 10.1. The summed E-state index contributed by atoms with van der Waals surface area (Å²) in [5.41, 5.74) is 2.66. The van der Waals surface area contributed by atoms with Crippen molar-refractivity contribution in [2.75, 3.05) is 12.4 Å². The number of rotatable bonds is 4. The highest BCUT2D eigenvalue weighted by Crippen LogP contribution is 2.21. The summed E-state index contributed by atoms with van der Waals surface area (Å²) in [6.07, 6.45) is 1.64. The lowest BCUT2D eigenvalue weighted by Gasteiger charge is -2.10. The van der Waals surface area contributed by atoms with Crippen molar-refractivity contribution in [3.63, 3.8) is 0 Å². The van der Waals surface area contributed by atoms with Gasteiger partial charge < -0.3 is 15.1 Å². The summed E-state index contributed by atoms with van der Waals surface area (Å²) in [4.78, 5) is 11.5. The second-order valence-corrected chi connectivity index (χ2v) is 5.01. The van der Waals surface area contributed by atoms with Crippen LogP contribution in [0.5, 0.6) is 0 Å². The molecule has 0 spiro atoms. The van der Waals surface area contributed by atoms with Crippen molar-refractivity contribution >= 4 is 27.5 Å². The van der Waals surface area contributed by atoms with Crippen LogP contribution in [-0.2, 0) is 6.54 Å². The quantitative estimate of drug-likeness (QED) is 0.907. The summed E-state index contributed by atoms with van der Waals surface area (Å²) in [6.45, 7) is 2.56. The van der Waals surface area contributed by atoms with Crippen LogP contribution in [0.3, 0.4) is 0 Å². The monoisotopic (exact) mass is 322 g/mol. The van der Waals surface area contributed by atoms with E-state index in [0.29, 0.717) is 12.1 Å². The smallest absolute Gasteiger partial charge is 0.251 e. The number of carbonyl (C=O) groups excluding carboxylic acids is 1. The first kappa shape index (κ1) is 13.7. The Kier molecular flexibility index (Phi) is 4.27. The number of hydrogen-bond donors (Lipinski definition) is 2. The highest BCUT2D eigenvalue weighted by atomic mass is 79.9. The number of furan rings is 1. The van der Waals surface area contributed by atoms with Gasteiger partial charge in [-0.15, -0.1) is 0 Å². The van der Waals surface area contributed by atoms with E-state index in [1.165, 1.54) is 0 Å². The van der Waals surface area contributed by atoms with Gasteiger partial charge >= 0.3 is 0 Å². The molecule has 1 aromatic carbocycles. The minimum atomic E-state index is -0.0802. The molecule has 2 rings (SSSR count). The Morgan fingerprint density at radius 3 is 2.74 bits per heavy atom. The van der Waals surface area contributed by atoms with E-state index in [2.05, 4.69) is 26.6 Å². The second kappa shape index (κ2) is 5.93. The molecule has 19 heavy (non-hydrogen) atoms. The van der Waals surface area contributed by atoms with Crippen LogP contribution in [0.25, 0.3) is 0 Å². The minimum Gasteiger partial charge on any atom is -0.466 e. The van der Waals surface area contributed by atoms with Crippen LogP contribution in [0, 0.1) is 6.92 Å². The maximum atomic E-state index is 11.5. The highest BCUT2D eigenvalue weighted by Gasteiger charge is 2.07. The zero-order valence-corrected chi connectivity index (χ0v) is 12.4. The fraction of sp³-hybridized carbons (Fsp3) is 0.214. The summed E-state index contributed by atoms with van der Waals surface area (Å²) in [6, 6.07) is 7.42. The van der Waals surface area contributed by atoms with Gasteiger partial charge in [0, 0.05) is 18.3 Å². The molecule has 4 nitrogen and oxygen atoms in total. The van der Waals surface area contributed by atoms with E-state index in [0.717, 1.165) is 21.5 Å². The Balaban J connectivity index is 2.09. The molecule has 2 N–H and O–H groups in total. The van der Waals surface area contributed by atoms with Crippen LogP contribution in [0.1, 0.15) is 21.7 Å². The molecule has 0 bridgehead atoms. The number of amides is 1. The maximum absolute atomic E-state index is 11.5. The van der Waals surface area contributed by atoms with Gasteiger partial charge in [-0.05, 0) is 52.7 Å². The third-order valence-corrected chi connectivity index (χ3v) is 3.55. The van der Waals surface area contributed by atoms with Gasteiger partial charge in [-0.25, -0.2) is 0 Å². The number of hydrogen-bond acceptors (Lipinski definition) is 3. The van der Waals surface area contributed by atoms with Gasteiger partial charge in [-0.1, -0.05) is 0 Å². The van der Waals surface area contributed by atoms with E-state index in [1.807, 2.05) is 25.1 Å². The Morgan fingerprint density at radius 2 is 2.16 bits per heavy atom. The lowest BCUT2D eigenvalue weighted by Crippen LogP contribution is -2.17. The Bertz CT molecular complexity index is 593. The molecule has 2 aromatic rings. The van der Waals surface area contributed by atoms with Crippen LogP contribution < -0.4 is 10.6 Å². The van der Waals surface area contributed by atoms with Gasteiger partial charge in [0.15, 0.2) is 0 Å². The maximum Gasteiger partial charge on any atom is 0.251 e. The van der Waals surface area contributed by atoms with E-state index in [4.69, 9.17) is 4.42 Å². The summed E-state index contributed by atoms with van der Waals surface area (Å²) >= 11 is 3.41. The first-order chi connectivity index (χ1) is 9.11. The van der Waals surface area contributed by atoms with Crippen LogP contribution in [0.4, 0.5) is 5.69 Å². The zero-order valence-electron chi connectivity index (χ0n) is 10.8. The number of anilines is 1. The first-order valence-electron chi connectivity index (χ1n) is 5.90. The van der Waals surface area contributed by atoms with Crippen LogP contribution in [0.2, 0.25) is 0 Å². The van der Waals surface area contributed by atoms with Crippen molar-refractivity contribution < 1.29 is 9.21 Å². The predicted molar refractivity (Wildman–Crippen MR) is 78.3 cm³/mol. The predicted octanol–water partition coefficient (Wildman–Crippen LogP) is 3.32. The van der Waals surface area contributed by atoms with Crippen LogP contribution in [-0.4, -0.2) is 13.0 Å².